The third-order valence-corrected chi connectivity index (χ3v) is 4.54. The summed E-state index contributed by atoms with van der Waals surface area (Å²) in [5.74, 6) is 1.30. The van der Waals surface area contributed by atoms with Gasteiger partial charge in [0.1, 0.15) is 11.3 Å². The molecule has 0 aliphatic carbocycles. The van der Waals surface area contributed by atoms with Gasteiger partial charge in [-0.2, -0.15) is 5.10 Å². The molecule has 0 bridgehead atoms. The van der Waals surface area contributed by atoms with Crippen LogP contribution in [-0.2, 0) is 4.79 Å². The lowest BCUT2D eigenvalue weighted by Crippen LogP contribution is -2.24. The van der Waals surface area contributed by atoms with Gasteiger partial charge >= 0.3 is 0 Å². The van der Waals surface area contributed by atoms with Crippen molar-refractivity contribution < 1.29 is 19.0 Å². The fourth-order valence-electron chi connectivity index (χ4n) is 2.51. The van der Waals surface area contributed by atoms with Gasteiger partial charge in [-0.25, -0.2) is 5.43 Å². The van der Waals surface area contributed by atoms with Crippen LogP contribution in [0.5, 0.6) is 17.2 Å². The summed E-state index contributed by atoms with van der Waals surface area (Å²) in [4.78, 5) is 16.3. The first-order valence-corrected chi connectivity index (χ1v) is 9.11. The van der Waals surface area contributed by atoms with E-state index in [0.29, 0.717) is 22.8 Å². The molecule has 3 aromatic rings. The minimum atomic E-state index is -0.388. The van der Waals surface area contributed by atoms with Gasteiger partial charge in [0.25, 0.3) is 5.91 Å². The summed E-state index contributed by atoms with van der Waals surface area (Å²) >= 11 is 3.43. The Balaban J connectivity index is 1.61. The Morgan fingerprint density at radius 2 is 1.89 bits per heavy atom. The van der Waals surface area contributed by atoms with Crippen molar-refractivity contribution >= 4 is 39.0 Å². The Bertz CT molecular complexity index is 1020. The maximum atomic E-state index is 12.0. The molecule has 0 spiro atoms. The molecule has 0 atom stereocenters. The van der Waals surface area contributed by atoms with Gasteiger partial charge in [0.05, 0.1) is 20.4 Å². The van der Waals surface area contributed by atoms with Crippen molar-refractivity contribution in [3.8, 4) is 17.2 Å². The van der Waals surface area contributed by atoms with Crippen LogP contribution in [0, 0.1) is 0 Å². The number of fused-ring (bicyclic) bond motifs is 1. The van der Waals surface area contributed by atoms with Crippen molar-refractivity contribution in [3.63, 3.8) is 0 Å². The zero-order chi connectivity index (χ0) is 19.9. The molecule has 2 aromatic carbocycles. The number of para-hydroxylation sites is 1. The number of carbonyl (C=O) groups excluding carboxylic acids is 1. The molecule has 1 heterocycles. The maximum Gasteiger partial charge on any atom is 0.277 e. The topological polar surface area (TPSA) is 82.0 Å². The second-order valence-electron chi connectivity index (χ2n) is 5.64. The molecule has 0 fully saturated rings. The largest absolute Gasteiger partial charge is 0.493 e. The fourth-order valence-corrected chi connectivity index (χ4v) is 2.94. The van der Waals surface area contributed by atoms with Gasteiger partial charge in [-0.15, -0.1) is 0 Å². The molecule has 1 amide bonds. The molecule has 0 aliphatic rings. The van der Waals surface area contributed by atoms with Gasteiger partial charge in [-0.3, -0.25) is 9.78 Å². The van der Waals surface area contributed by atoms with Crippen molar-refractivity contribution in [2.24, 2.45) is 5.10 Å². The quantitative estimate of drug-likeness (QED) is 0.445. The molecule has 0 radical (unpaired) electrons. The van der Waals surface area contributed by atoms with Crippen LogP contribution in [0.3, 0.4) is 0 Å². The van der Waals surface area contributed by atoms with Crippen LogP contribution in [0.15, 0.2) is 58.2 Å². The standard InChI is InChI=1S/C20H18BrN3O4/c1-26-17-9-14(15(21)10-18(17)27-2)11-23-24-19(25)12-28-16-7-3-5-13-6-4-8-22-20(13)16/h3-11H,12H2,1-2H3,(H,24,25)/b23-11-. The number of aromatic nitrogens is 1. The van der Waals surface area contributed by atoms with Gasteiger partial charge in [0.15, 0.2) is 18.1 Å². The van der Waals surface area contributed by atoms with Gasteiger partial charge < -0.3 is 14.2 Å². The smallest absolute Gasteiger partial charge is 0.277 e. The predicted octanol–water partition coefficient (Wildman–Crippen LogP) is 3.54. The molecule has 28 heavy (non-hydrogen) atoms. The van der Waals surface area contributed by atoms with Crippen molar-refractivity contribution in [2.45, 2.75) is 0 Å². The minimum Gasteiger partial charge on any atom is -0.493 e. The first-order chi connectivity index (χ1) is 13.6. The number of rotatable bonds is 7. The second-order valence-corrected chi connectivity index (χ2v) is 6.50. The Morgan fingerprint density at radius 3 is 2.68 bits per heavy atom. The number of nitrogens with zero attached hydrogens (tertiary/aromatic N) is 2. The van der Waals surface area contributed by atoms with E-state index < -0.39 is 0 Å². The summed E-state index contributed by atoms with van der Waals surface area (Å²) in [6.07, 6.45) is 3.18. The Hall–Kier alpha value is -3.13. The lowest BCUT2D eigenvalue weighted by atomic mass is 10.2. The molecule has 0 saturated heterocycles. The SMILES string of the molecule is COc1cc(Br)c(/C=N\NC(=O)COc2cccc3cccnc23)cc1OC. The number of pyridine rings is 1. The van der Waals surface area contributed by atoms with Crippen LogP contribution in [-0.4, -0.2) is 37.9 Å². The summed E-state index contributed by atoms with van der Waals surface area (Å²) in [6.45, 7) is -0.180. The van der Waals surface area contributed by atoms with Crippen molar-refractivity contribution in [1.82, 2.24) is 10.4 Å². The number of nitrogens with one attached hydrogen (secondary N) is 1. The summed E-state index contributed by atoms with van der Waals surface area (Å²) in [5, 5.41) is 4.90. The highest BCUT2D eigenvalue weighted by Crippen LogP contribution is 2.32. The molecule has 0 aliphatic heterocycles. The van der Waals surface area contributed by atoms with Crippen molar-refractivity contribution in [1.29, 1.82) is 0 Å². The van der Waals surface area contributed by atoms with Crippen LogP contribution in [0.25, 0.3) is 10.9 Å². The molecule has 7 nitrogen and oxygen atoms in total. The van der Waals surface area contributed by atoms with E-state index in [1.54, 1.807) is 38.6 Å². The Morgan fingerprint density at radius 1 is 1.14 bits per heavy atom. The molecular formula is C20H18BrN3O4. The van der Waals surface area contributed by atoms with Crippen molar-refractivity contribution in [3.05, 3.63) is 58.7 Å². The van der Waals surface area contributed by atoms with Crippen LogP contribution < -0.4 is 19.6 Å². The van der Waals surface area contributed by atoms with Crippen molar-refractivity contribution in [2.75, 3.05) is 20.8 Å². The van der Waals surface area contributed by atoms with Crippen LogP contribution >= 0.6 is 15.9 Å². The Labute approximate surface area is 170 Å². The van der Waals surface area contributed by atoms with Crippen LogP contribution in [0.4, 0.5) is 0 Å². The van der Waals surface area contributed by atoms with Gasteiger partial charge in [0.2, 0.25) is 0 Å². The minimum absolute atomic E-state index is 0.180. The van der Waals surface area contributed by atoms with E-state index in [1.165, 1.54) is 6.21 Å². The van der Waals surface area contributed by atoms with Gasteiger partial charge in [-0.1, -0.05) is 18.2 Å². The Kier molecular flexibility index (Phi) is 6.44. The number of halogens is 1. The zero-order valence-electron chi connectivity index (χ0n) is 15.3. The van der Waals surface area contributed by atoms with Gasteiger partial charge in [0, 0.05) is 21.6 Å². The average molecular weight is 444 g/mol. The predicted molar refractivity (Wildman–Crippen MR) is 110 cm³/mol. The van der Waals surface area contributed by atoms with E-state index in [4.69, 9.17) is 14.2 Å². The number of hydrogen-bond donors (Lipinski definition) is 1. The van der Waals surface area contributed by atoms with Crippen LogP contribution in [0.1, 0.15) is 5.56 Å². The second kappa shape index (κ2) is 9.18. The number of hydrogen-bond acceptors (Lipinski definition) is 6. The van der Waals surface area contributed by atoms with E-state index >= 15 is 0 Å². The summed E-state index contributed by atoms with van der Waals surface area (Å²) in [7, 11) is 3.11. The van der Waals surface area contributed by atoms with E-state index in [9.17, 15) is 4.79 Å². The third-order valence-electron chi connectivity index (χ3n) is 3.85. The zero-order valence-corrected chi connectivity index (χ0v) is 16.9. The summed E-state index contributed by atoms with van der Waals surface area (Å²) in [6, 6.07) is 12.8. The molecule has 0 saturated carbocycles. The number of amides is 1. The lowest BCUT2D eigenvalue weighted by molar-refractivity contribution is -0.123. The number of methoxy groups -OCH3 is 2. The monoisotopic (exact) mass is 443 g/mol. The number of carbonyl (C=O) groups is 1. The lowest BCUT2D eigenvalue weighted by Gasteiger charge is -2.09. The molecular weight excluding hydrogens is 426 g/mol. The fraction of sp³-hybridized carbons (Fsp3) is 0.150. The summed E-state index contributed by atoms with van der Waals surface area (Å²) < 4.78 is 16.8. The first kappa shape index (κ1) is 19.6. The molecule has 3 rings (SSSR count). The molecule has 1 aromatic heterocycles. The normalized spacial score (nSPS) is 10.8. The van der Waals surface area contributed by atoms with E-state index in [2.05, 4.69) is 31.4 Å². The van der Waals surface area contributed by atoms with Gasteiger partial charge in [-0.05, 0) is 40.2 Å². The maximum absolute atomic E-state index is 12.0. The van der Waals surface area contributed by atoms with E-state index in [0.717, 1.165) is 15.4 Å². The van der Waals surface area contributed by atoms with E-state index in [1.807, 2.05) is 24.3 Å². The summed E-state index contributed by atoms with van der Waals surface area (Å²) in [5.41, 5.74) is 3.86. The highest BCUT2D eigenvalue weighted by molar-refractivity contribution is 9.10. The average Bonchev–Trinajstić information content (AvgIpc) is 2.73. The highest BCUT2D eigenvalue weighted by Gasteiger charge is 2.09. The number of hydrazone groups is 1. The number of benzene rings is 2. The molecule has 144 valence electrons. The van der Waals surface area contributed by atoms with Crippen LogP contribution in [0.2, 0.25) is 0 Å². The number of ether oxygens (including phenoxy) is 3. The molecule has 0 unspecified atom stereocenters. The first-order valence-electron chi connectivity index (χ1n) is 8.32. The molecule has 8 heteroatoms. The third kappa shape index (κ3) is 4.58. The highest BCUT2D eigenvalue weighted by atomic mass is 79.9. The van der Waals surface area contributed by atoms with E-state index in [-0.39, 0.29) is 12.5 Å². The molecule has 1 N–H and O–H groups in total.